The Labute approximate surface area is 46.0 Å². The molecule has 0 bridgehead atoms. The van der Waals surface area contributed by atoms with Crippen molar-refractivity contribution in [3.8, 4) is 0 Å². The van der Waals surface area contributed by atoms with Crippen LogP contribution in [0.1, 0.15) is 0 Å². The lowest BCUT2D eigenvalue weighted by molar-refractivity contribution is -0.107. The molecule has 1 N–H and O–H groups in total. The molecular formula is C4H5NOS. The van der Waals surface area contributed by atoms with E-state index in [-0.39, 0.29) is 5.12 Å². The van der Waals surface area contributed by atoms with Gasteiger partial charge in [0.15, 0.2) is 0 Å². The zero-order chi connectivity index (χ0) is 5.11. The van der Waals surface area contributed by atoms with Crippen LogP contribution in [0.2, 0.25) is 0 Å². The molecule has 0 aromatic heterocycles. The number of nitrogens with one attached hydrogen (secondary N) is 1. The number of rotatable bonds is 0. The molecule has 38 valence electrons. The summed E-state index contributed by atoms with van der Waals surface area (Å²) in [6.07, 6.45) is 3.19. The fourth-order valence-corrected chi connectivity index (χ4v) is 0.822. The third-order valence-corrected chi connectivity index (χ3v) is 1.37. The monoisotopic (exact) mass is 115 g/mol. The highest BCUT2D eigenvalue weighted by atomic mass is 32.2. The number of carbonyl (C=O) groups is 1. The Hall–Kier alpha value is -0.440. The van der Waals surface area contributed by atoms with Gasteiger partial charge in [-0.15, -0.1) is 0 Å². The molecular weight excluding hydrogens is 110 g/mol. The van der Waals surface area contributed by atoms with Crippen molar-refractivity contribution in [1.29, 1.82) is 0 Å². The molecule has 0 aromatic rings. The van der Waals surface area contributed by atoms with E-state index in [0.29, 0.717) is 0 Å². The summed E-state index contributed by atoms with van der Waals surface area (Å²) in [6.45, 7) is 0. The van der Waals surface area contributed by atoms with Crippen molar-refractivity contribution >= 4 is 16.9 Å². The maximum absolute atomic E-state index is 10.3. The van der Waals surface area contributed by atoms with Gasteiger partial charge in [0.25, 0.3) is 0 Å². The summed E-state index contributed by atoms with van der Waals surface area (Å²) >= 11 is 1.28. The minimum absolute atomic E-state index is 0.138. The molecule has 3 heteroatoms. The van der Waals surface area contributed by atoms with Crippen molar-refractivity contribution in [2.45, 2.75) is 0 Å². The third kappa shape index (κ3) is 1.23. The molecule has 0 spiro atoms. The molecule has 1 aliphatic heterocycles. The van der Waals surface area contributed by atoms with E-state index in [4.69, 9.17) is 0 Å². The lowest BCUT2D eigenvalue weighted by Gasteiger charge is -2.00. The Bertz CT molecular complexity index is 110. The fraction of sp³-hybridized carbons (Fsp3) is 0.250. The zero-order valence-corrected chi connectivity index (χ0v) is 4.49. The molecule has 2 nitrogen and oxygen atoms in total. The first kappa shape index (κ1) is 4.71. The smallest absolute Gasteiger partial charge is 0.215 e. The maximum atomic E-state index is 10.3. The van der Waals surface area contributed by atoms with E-state index in [9.17, 15) is 4.79 Å². The van der Waals surface area contributed by atoms with Crippen LogP contribution in [0.15, 0.2) is 12.3 Å². The van der Waals surface area contributed by atoms with Gasteiger partial charge in [-0.25, -0.2) is 0 Å². The lowest BCUT2D eigenvalue weighted by Crippen LogP contribution is -2.10. The van der Waals surface area contributed by atoms with Gasteiger partial charge in [0.1, 0.15) is 0 Å². The highest BCUT2D eigenvalue weighted by Gasteiger charge is 1.98. The predicted molar refractivity (Wildman–Crippen MR) is 29.7 cm³/mol. The molecule has 1 heterocycles. The Kier molecular flexibility index (Phi) is 1.36. The van der Waals surface area contributed by atoms with Crippen molar-refractivity contribution in [3.05, 3.63) is 12.3 Å². The van der Waals surface area contributed by atoms with Crippen molar-refractivity contribution in [2.75, 3.05) is 5.88 Å². The highest BCUT2D eigenvalue weighted by molar-refractivity contribution is 8.14. The second-order valence-electron chi connectivity index (χ2n) is 1.15. The van der Waals surface area contributed by atoms with Gasteiger partial charge < -0.3 is 5.32 Å². The summed E-state index contributed by atoms with van der Waals surface area (Å²) in [4.78, 5) is 10.3. The van der Waals surface area contributed by atoms with Crippen LogP contribution in [0.25, 0.3) is 0 Å². The topological polar surface area (TPSA) is 29.1 Å². The number of hydrogen-bond donors (Lipinski definition) is 1. The highest BCUT2D eigenvalue weighted by Crippen LogP contribution is 2.03. The average molecular weight is 115 g/mol. The van der Waals surface area contributed by atoms with Crippen LogP contribution in [0.4, 0.5) is 0 Å². The molecule has 0 fully saturated rings. The number of hydrogen-bond acceptors (Lipinski definition) is 3. The maximum Gasteiger partial charge on any atom is 0.215 e. The van der Waals surface area contributed by atoms with Gasteiger partial charge in [-0.3, -0.25) is 4.79 Å². The van der Waals surface area contributed by atoms with Gasteiger partial charge in [0.2, 0.25) is 5.12 Å². The second kappa shape index (κ2) is 2.02. The summed E-state index contributed by atoms with van der Waals surface area (Å²) in [5, 5.41) is 3.01. The Balaban J connectivity index is 2.51. The van der Waals surface area contributed by atoms with Crippen LogP contribution in [0.5, 0.6) is 0 Å². The minimum Gasteiger partial charge on any atom is -0.381 e. The first-order valence-electron chi connectivity index (χ1n) is 1.96. The van der Waals surface area contributed by atoms with Gasteiger partial charge in [-0.2, -0.15) is 0 Å². The molecule has 7 heavy (non-hydrogen) atoms. The first-order valence-corrected chi connectivity index (χ1v) is 2.95. The summed E-state index contributed by atoms with van der Waals surface area (Å²) < 4.78 is 0. The lowest BCUT2D eigenvalue weighted by atomic mass is 10.7. The van der Waals surface area contributed by atoms with Gasteiger partial charge in [-0.1, -0.05) is 11.8 Å². The quantitative estimate of drug-likeness (QED) is 0.493. The van der Waals surface area contributed by atoms with Crippen LogP contribution in [0.3, 0.4) is 0 Å². The van der Waals surface area contributed by atoms with Crippen LogP contribution in [0, 0.1) is 0 Å². The van der Waals surface area contributed by atoms with Gasteiger partial charge >= 0.3 is 0 Å². The molecule has 0 atom stereocenters. The van der Waals surface area contributed by atoms with Crippen molar-refractivity contribution in [2.24, 2.45) is 0 Å². The molecule has 0 saturated carbocycles. The summed E-state index contributed by atoms with van der Waals surface area (Å²) in [5.74, 6) is 0.718. The number of thioether (sulfide) groups is 1. The molecule has 0 unspecified atom stereocenters. The van der Waals surface area contributed by atoms with E-state index in [1.165, 1.54) is 17.8 Å². The van der Waals surface area contributed by atoms with Gasteiger partial charge in [0, 0.05) is 12.3 Å². The van der Waals surface area contributed by atoms with Crippen LogP contribution >= 0.6 is 11.8 Å². The Morgan fingerprint density at radius 3 is 3.00 bits per heavy atom. The molecule has 0 saturated heterocycles. The van der Waals surface area contributed by atoms with E-state index in [1.807, 2.05) is 0 Å². The molecule has 1 aliphatic rings. The van der Waals surface area contributed by atoms with Crippen LogP contribution in [-0.4, -0.2) is 11.0 Å². The van der Waals surface area contributed by atoms with E-state index in [1.54, 1.807) is 6.20 Å². The van der Waals surface area contributed by atoms with Crippen molar-refractivity contribution in [3.63, 3.8) is 0 Å². The van der Waals surface area contributed by atoms with Gasteiger partial charge in [0.05, 0.1) is 5.88 Å². The van der Waals surface area contributed by atoms with E-state index < -0.39 is 0 Å². The van der Waals surface area contributed by atoms with Crippen molar-refractivity contribution < 1.29 is 4.79 Å². The fourth-order valence-electron chi connectivity index (χ4n) is 0.336. The largest absolute Gasteiger partial charge is 0.381 e. The predicted octanol–water partition coefficient (Wildman–Crippen LogP) is 0.321. The summed E-state index contributed by atoms with van der Waals surface area (Å²) in [7, 11) is 0. The van der Waals surface area contributed by atoms with Gasteiger partial charge in [-0.05, 0) is 0 Å². The summed E-state index contributed by atoms with van der Waals surface area (Å²) in [5.41, 5.74) is 0. The standard InChI is InChI=1S/C4H5NOS/c6-4-1-2-5-3-7-4/h1-2,5H,3H2. The third-order valence-electron chi connectivity index (χ3n) is 0.635. The van der Waals surface area contributed by atoms with E-state index >= 15 is 0 Å². The SMILES string of the molecule is O=C1C=CNCS1. The van der Waals surface area contributed by atoms with Crippen molar-refractivity contribution in [1.82, 2.24) is 5.32 Å². The Morgan fingerprint density at radius 1 is 1.86 bits per heavy atom. The molecule has 0 radical (unpaired) electrons. The van der Waals surface area contributed by atoms with Crippen LogP contribution < -0.4 is 5.32 Å². The van der Waals surface area contributed by atoms with Crippen LogP contribution in [-0.2, 0) is 4.79 Å². The molecule has 0 amide bonds. The zero-order valence-electron chi connectivity index (χ0n) is 3.68. The average Bonchev–Trinajstić information content (AvgIpc) is 1.69. The first-order chi connectivity index (χ1) is 3.39. The molecule has 1 rings (SSSR count). The minimum atomic E-state index is 0.138. The second-order valence-corrected chi connectivity index (χ2v) is 2.12. The Morgan fingerprint density at radius 2 is 2.71 bits per heavy atom. The van der Waals surface area contributed by atoms with E-state index in [0.717, 1.165) is 5.88 Å². The normalized spacial score (nSPS) is 19.1. The molecule has 0 aromatic carbocycles. The summed E-state index contributed by atoms with van der Waals surface area (Å²) in [6, 6.07) is 0. The molecule has 0 aliphatic carbocycles. The van der Waals surface area contributed by atoms with E-state index in [2.05, 4.69) is 5.32 Å². The number of carbonyl (C=O) groups excluding carboxylic acids is 1.